The second-order valence-electron chi connectivity index (χ2n) is 9.67. The van der Waals surface area contributed by atoms with E-state index < -0.39 is 17.9 Å². The van der Waals surface area contributed by atoms with E-state index in [1.54, 1.807) is 18.1 Å². The van der Waals surface area contributed by atoms with Crippen molar-refractivity contribution in [3.05, 3.63) is 64.7 Å². The molecule has 2 atom stereocenters. The lowest BCUT2D eigenvalue weighted by Gasteiger charge is -2.41. The van der Waals surface area contributed by atoms with Crippen molar-refractivity contribution in [1.29, 1.82) is 0 Å². The number of aliphatic carboxylic acids is 1. The van der Waals surface area contributed by atoms with Crippen molar-refractivity contribution in [2.75, 3.05) is 13.7 Å². The normalized spacial score (nSPS) is 17.3. The van der Waals surface area contributed by atoms with Crippen LogP contribution in [0, 0.1) is 11.8 Å². The number of fused-ring (bicyclic) bond motifs is 1. The van der Waals surface area contributed by atoms with Gasteiger partial charge >= 0.3 is 5.97 Å². The Bertz CT molecular complexity index is 974. The minimum absolute atomic E-state index is 0.119. The van der Waals surface area contributed by atoms with Crippen LogP contribution in [-0.4, -0.2) is 35.5 Å². The van der Waals surface area contributed by atoms with Gasteiger partial charge in [0.05, 0.1) is 19.1 Å². The van der Waals surface area contributed by atoms with E-state index in [0.717, 1.165) is 16.7 Å². The van der Waals surface area contributed by atoms with E-state index in [4.69, 9.17) is 4.74 Å². The molecular weight excluding hydrogens is 390 g/mol. The average molecular weight is 424 g/mol. The quantitative estimate of drug-likeness (QED) is 0.727. The fourth-order valence-corrected chi connectivity index (χ4v) is 4.61. The number of benzene rings is 2. The third-order valence-electron chi connectivity index (χ3n) is 6.19. The third-order valence-corrected chi connectivity index (χ3v) is 6.19. The summed E-state index contributed by atoms with van der Waals surface area (Å²) >= 11 is 0. The Morgan fingerprint density at radius 2 is 1.81 bits per heavy atom. The molecule has 0 aromatic heterocycles. The summed E-state index contributed by atoms with van der Waals surface area (Å²) in [6.45, 7) is 10.6. The second kappa shape index (κ2) is 8.74. The highest BCUT2D eigenvalue weighted by molar-refractivity contribution is 5.95. The zero-order valence-corrected chi connectivity index (χ0v) is 19.3. The van der Waals surface area contributed by atoms with Crippen LogP contribution < -0.4 is 4.74 Å². The minimum atomic E-state index is -0.879. The Hall–Kier alpha value is -2.82. The summed E-state index contributed by atoms with van der Waals surface area (Å²) in [6.07, 6.45) is 0.708. The zero-order chi connectivity index (χ0) is 22.9. The number of hydrogen-bond acceptors (Lipinski definition) is 3. The number of carbonyl (C=O) groups is 2. The molecular formula is C26H33NO4. The number of ether oxygens (including phenoxy) is 1. The van der Waals surface area contributed by atoms with Crippen LogP contribution in [0.2, 0.25) is 0 Å². The third kappa shape index (κ3) is 4.46. The van der Waals surface area contributed by atoms with Crippen molar-refractivity contribution >= 4 is 11.9 Å². The molecule has 1 aliphatic rings. The Morgan fingerprint density at radius 3 is 2.39 bits per heavy atom. The van der Waals surface area contributed by atoms with Crippen molar-refractivity contribution < 1.29 is 19.4 Å². The maximum atomic E-state index is 13.7. The van der Waals surface area contributed by atoms with Gasteiger partial charge in [0.15, 0.2) is 0 Å². The molecule has 5 heteroatoms. The van der Waals surface area contributed by atoms with Crippen LogP contribution in [0.5, 0.6) is 5.75 Å². The SMILES string of the molecule is COc1cc(C(=O)N2CCc3ccccc3C2C(C(=O)O)C(C)C)ccc1C(C)(C)C. The van der Waals surface area contributed by atoms with E-state index in [2.05, 4.69) is 20.8 Å². The molecule has 0 radical (unpaired) electrons. The number of hydrogen-bond donors (Lipinski definition) is 1. The van der Waals surface area contributed by atoms with Gasteiger partial charge in [-0.05, 0) is 46.6 Å². The van der Waals surface area contributed by atoms with Crippen LogP contribution in [-0.2, 0) is 16.6 Å². The monoisotopic (exact) mass is 423 g/mol. The van der Waals surface area contributed by atoms with Gasteiger partial charge in [0.25, 0.3) is 5.91 Å². The van der Waals surface area contributed by atoms with E-state index >= 15 is 0 Å². The summed E-state index contributed by atoms with van der Waals surface area (Å²) in [7, 11) is 1.61. The molecule has 0 saturated carbocycles. The molecule has 0 fully saturated rings. The first kappa shape index (κ1) is 22.9. The predicted molar refractivity (Wildman–Crippen MR) is 122 cm³/mol. The fourth-order valence-electron chi connectivity index (χ4n) is 4.61. The van der Waals surface area contributed by atoms with Crippen molar-refractivity contribution in [1.82, 2.24) is 4.90 Å². The highest BCUT2D eigenvalue weighted by Gasteiger charge is 2.41. The largest absolute Gasteiger partial charge is 0.496 e. The summed E-state index contributed by atoms with van der Waals surface area (Å²) < 4.78 is 5.59. The number of rotatable bonds is 5. The first-order chi connectivity index (χ1) is 14.6. The zero-order valence-electron chi connectivity index (χ0n) is 19.3. The Balaban J connectivity index is 2.08. The van der Waals surface area contributed by atoms with E-state index in [-0.39, 0.29) is 17.2 Å². The summed E-state index contributed by atoms with van der Waals surface area (Å²) in [6, 6.07) is 12.9. The summed E-state index contributed by atoms with van der Waals surface area (Å²) in [4.78, 5) is 27.7. The van der Waals surface area contributed by atoms with E-state index in [1.165, 1.54) is 0 Å². The van der Waals surface area contributed by atoms with E-state index in [1.807, 2.05) is 50.2 Å². The van der Waals surface area contributed by atoms with Crippen LogP contribution in [0.3, 0.4) is 0 Å². The van der Waals surface area contributed by atoms with Gasteiger partial charge in [0.2, 0.25) is 0 Å². The maximum absolute atomic E-state index is 13.7. The van der Waals surface area contributed by atoms with Gasteiger partial charge in [0, 0.05) is 12.1 Å². The van der Waals surface area contributed by atoms with Crippen molar-refractivity contribution in [2.45, 2.75) is 52.5 Å². The van der Waals surface area contributed by atoms with Gasteiger partial charge in [-0.3, -0.25) is 9.59 Å². The van der Waals surface area contributed by atoms with Crippen molar-refractivity contribution in [3.8, 4) is 5.75 Å². The summed E-state index contributed by atoms with van der Waals surface area (Å²) in [5, 5.41) is 10.0. The number of carboxylic acids is 1. The van der Waals surface area contributed by atoms with Crippen LogP contribution >= 0.6 is 0 Å². The van der Waals surface area contributed by atoms with E-state index in [0.29, 0.717) is 24.3 Å². The van der Waals surface area contributed by atoms with E-state index in [9.17, 15) is 14.7 Å². The first-order valence-corrected chi connectivity index (χ1v) is 10.9. The minimum Gasteiger partial charge on any atom is -0.496 e. The molecule has 166 valence electrons. The van der Waals surface area contributed by atoms with Gasteiger partial charge in [-0.1, -0.05) is 65.0 Å². The van der Waals surface area contributed by atoms with Gasteiger partial charge in [-0.15, -0.1) is 0 Å². The molecule has 0 saturated heterocycles. The molecule has 0 aliphatic carbocycles. The first-order valence-electron chi connectivity index (χ1n) is 10.9. The lowest BCUT2D eigenvalue weighted by Crippen LogP contribution is -2.46. The smallest absolute Gasteiger partial charge is 0.309 e. The average Bonchev–Trinajstić information content (AvgIpc) is 2.71. The molecule has 2 aromatic rings. The summed E-state index contributed by atoms with van der Waals surface area (Å²) in [5.74, 6) is -1.19. The van der Waals surface area contributed by atoms with Gasteiger partial charge in [-0.2, -0.15) is 0 Å². The maximum Gasteiger partial charge on any atom is 0.309 e. The Labute approximate surface area is 185 Å². The van der Waals surface area contributed by atoms with Gasteiger partial charge in [0.1, 0.15) is 5.75 Å². The van der Waals surface area contributed by atoms with Gasteiger partial charge < -0.3 is 14.7 Å². The molecule has 1 heterocycles. The van der Waals surface area contributed by atoms with Crippen LogP contribution in [0.1, 0.15) is 67.7 Å². The van der Waals surface area contributed by atoms with Crippen LogP contribution in [0.4, 0.5) is 0 Å². The molecule has 1 N–H and O–H groups in total. The molecule has 1 aliphatic heterocycles. The molecule has 0 spiro atoms. The summed E-state index contributed by atoms with van der Waals surface area (Å²) in [5.41, 5.74) is 3.47. The number of nitrogens with zero attached hydrogens (tertiary/aromatic N) is 1. The van der Waals surface area contributed by atoms with Crippen LogP contribution in [0.15, 0.2) is 42.5 Å². The fraction of sp³-hybridized carbons (Fsp3) is 0.462. The van der Waals surface area contributed by atoms with Gasteiger partial charge in [-0.25, -0.2) is 0 Å². The molecule has 2 unspecified atom stereocenters. The number of carboxylic acid groups (broad SMARTS) is 1. The van der Waals surface area contributed by atoms with Crippen LogP contribution in [0.25, 0.3) is 0 Å². The molecule has 1 amide bonds. The highest BCUT2D eigenvalue weighted by atomic mass is 16.5. The molecule has 31 heavy (non-hydrogen) atoms. The number of carbonyl (C=O) groups excluding carboxylic acids is 1. The lowest BCUT2D eigenvalue weighted by atomic mass is 9.79. The highest BCUT2D eigenvalue weighted by Crippen LogP contribution is 2.40. The second-order valence-corrected chi connectivity index (χ2v) is 9.67. The molecule has 0 bridgehead atoms. The standard InChI is InChI=1S/C26H33NO4/c1-16(2)22(25(29)30)23-19-10-8-7-9-17(19)13-14-27(23)24(28)18-11-12-20(26(3,4)5)21(15-18)31-6/h7-12,15-16,22-23H,13-14H2,1-6H3,(H,29,30). The number of amides is 1. The topological polar surface area (TPSA) is 66.8 Å². The molecule has 3 rings (SSSR count). The lowest BCUT2D eigenvalue weighted by molar-refractivity contribution is -0.146. The Morgan fingerprint density at radius 1 is 1.13 bits per heavy atom. The van der Waals surface area contributed by atoms with Crippen molar-refractivity contribution in [2.24, 2.45) is 11.8 Å². The number of methoxy groups -OCH3 is 1. The Kier molecular flexibility index (Phi) is 6.44. The predicted octanol–water partition coefficient (Wildman–Crippen LogP) is 5.09. The molecule has 2 aromatic carbocycles. The van der Waals surface area contributed by atoms with Crippen molar-refractivity contribution in [3.63, 3.8) is 0 Å². The molecule has 5 nitrogen and oxygen atoms in total.